The molecule has 0 saturated heterocycles. The lowest BCUT2D eigenvalue weighted by atomic mass is 10.1. The van der Waals surface area contributed by atoms with Crippen LogP contribution in [0.25, 0.3) is 5.69 Å². The molecule has 210 valence electrons. The number of rotatable bonds is 9. The second-order valence-corrected chi connectivity index (χ2v) is 11.6. The predicted octanol–water partition coefficient (Wildman–Crippen LogP) is 6.87. The number of carbonyl (C=O) groups is 1. The van der Waals surface area contributed by atoms with Crippen molar-refractivity contribution in [1.82, 2.24) is 4.57 Å². The number of benzene rings is 3. The lowest BCUT2D eigenvalue weighted by Crippen LogP contribution is -2.15. The SMILES string of the molecule is Cc1c(C(=O)Nc2ccc(S(C)(=O)=O)cc2)cc(CCOCc2ccccc2)n1-c1ccc(Cl)cc1C(F)(F)F. The topological polar surface area (TPSA) is 77.4 Å². The molecule has 0 saturated carbocycles. The van der Waals surface area contributed by atoms with Gasteiger partial charge in [-0.3, -0.25) is 4.79 Å². The molecule has 0 atom stereocenters. The molecular weight excluding hydrogens is 565 g/mol. The molecule has 1 aromatic heterocycles. The van der Waals surface area contributed by atoms with E-state index < -0.39 is 27.5 Å². The van der Waals surface area contributed by atoms with Crippen LogP contribution in [-0.2, 0) is 33.8 Å². The Labute approximate surface area is 235 Å². The molecule has 0 bridgehead atoms. The highest BCUT2D eigenvalue weighted by Crippen LogP contribution is 2.37. The zero-order valence-electron chi connectivity index (χ0n) is 21.6. The van der Waals surface area contributed by atoms with E-state index >= 15 is 0 Å². The zero-order valence-corrected chi connectivity index (χ0v) is 23.2. The number of sulfone groups is 1. The summed E-state index contributed by atoms with van der Waals surface area (Å²) in [6.07, 6.45) is -3.39. The van der Waals surface area contributed by atoms with Crippen LogP contribution in [0, 0.1) is 6.92 Å². The monoisotopic (exact) mass is 590 g/mol. The molecule has 1 heterocycles. The quantitative estimate of drug-likeness (QED) is 0.216. The van der Waals surface area contributed by atoms with Crippen molar-refractivity contribution < 1.29 is 31.1 Å². The van der Waals surface area contributed by atoms with Gasteiger partial charge in [-0.1, -0.05) is 41.9 Å². The number of amides is 1. The fourth-order valence-corrected chi connectivity index (χ4v) is 5.08. The number of nitrogens with zero attached hydrogens (tertiary/aromatic N) is 1. The van der Waals surface area contributed by atoms with E-state index in [0.717, 1.165) is 17.9 Å². The fraction of sp³-hybridized carbons (Fsp3) is 0.207. The van der Waals surface area contributed by atoms with Gasteiger partial charge in [0.15, 0.2) is 9.84 Å². The molecule has 4 aromatic rings. The number of alkyl halides is 3. The average Bonchev–Trinajstić information content (AvgIpc) is 3.22. The normalized spacial score (nSPS) is 11.9. The number of nitrogens with one attached hydrogen (secondary N) is 1. The third-order valence-electron chi connectivity index (χ3n) is 6.23. The van der Waals surface area contributed by atoms with Gasteiger partial charge in [-0.15, -0.1) is 0 Å². The van der Waals surface area contributed by atoms with Gasteiger partial charge in [-0.2, -0.15) is 13.2 Å². The van der Waals surface area contributed by atoms with Crippen molar-refractivity contribution in [2.75, 3.05) is 18.2 Å². The van der Waals surface area contributed by atoms with Crippen LogP contribution in [0.15, 0.2) is 83.8 Å². The molecule has 0 aliphatic rings. The second kappa shape index (κ2) is 11.9. The summed E-state index contributed by atoms with van der Waals surface area (Å²) < 4.78 is 72.7. The van der Waals surface area contributed by atoms with E-state index in [0.29, 0.717) is 18.0 Å². The summed E-state index contributed by atoms with van der Waals surface area (Å²) in [4.78, 5) is 13.3. The Morgan fingerprint density at radius 3 is 2.30 bits per heavy atom. The van der Waals surface area contributed by atoms with Crippen molar-refractivity contribution in [2.24, 2.45) is 0 Å². The van der Waals surface area contributed by atoms with Crippen molar-refractivity contribution in [3.63, 3.8) is 0 Å². The summed E-state index contributed by atoms with van der Waals surface area (Å²) in [5.41, 5.74) is 1.07. The summed E-state index contributed by atoms with van der Waals surface area (Å²) in [7, 11) is -3.42. The molecule has 0 aliphatic carbocycles. The maximum atomic E-state index is 14.0. The third-order valence-corrected chi connectivity index (χ3v) is 7.59. The van der Waals surface area contributed by atoms with Crippen LogP contribution < -0.4 is 5.32 Å². The Bertz CT molecular complexity index is 1620. The van der Waals surface area contributed by atoms with Gasteiger partial charge in [0.1, 0.15) is 0 Å². The molecule has 1 N–H and O–H groups in total. The van der Waals surface area contributed by atoms with Crippen LogP contribution in [0.4, 0.5) is 18.9 Å². The maximum absolute atomic E-state index is 14.0. The van der Waals surface area contributed by atoms with E-state index in [9.17, 15) is 26.4 Å². The van der Waals surface area contributed by atoms with E-state index in [1.165, 1.54) is 47.0 Å². The lowest BCUT2D eigenvalue weighted by Gasteiger charge is -2.18. The number of ether oxygens (including phenoxy) is 1. The molecule has 0 aliphatic heterocycles. The first-order valence-electron chi connectivity index (χ1n) is 12.2. The van der Waals surface area contributed by atoms with Crippen LogP contribution in [0.2, 0.25) is 5.02 Å². The van der Waals surface area contributed by atoms with E-state index in [1.54, 1.807) is 6.92 Å². The standard InChI is InChI=1S/C29H26ClF3N2O4S/c1-19-25(28(36)34-22-9-11-24(12-10-22)40(2,37)38)17-23(14-15-39-18-20-6-4-3-5-7-20)35(19)27-13-8-21(30)16-26(27)29(31,32)33/h3-13,16-17H,14-15,18H2,1-2H3,(H,34,36). The second-order valence-electron chi connectivity index (χ2n) is 9.17. The Hall–Kier alpha value is -3.60. The smallest absolute Gasteiger partial charge is 0.376 e. The number of hydrogen-bond acceptors (Lipinski definition) is 4. The Morgan fingerprint density at radius 2 is 1.68 bits per heavy atom. The summed E-state index contributed by atoms with van der Waals surface area (Å²) >= 11 is 5.90. The first-order valence-corrected chi connectivity index (χ1v) is 14.4. The highest BCUT2D eigenvalue weighted by Gasteiger charge is 2.35. The van der Waals surface area contributed by atoms with Gasteiger partial charge in [0.25, 0.3) is 5.91 Å². The molecular formula is C29H26ClF3N2O4S. The minimum absolute atomic E-state index is 0.0656. The van der Waals surface area contributed by atoms with Gasteiger partial charge in [0.05, 0.1) is 34.9 Å². The van der Waals surface area contributed by atoms with Crippen molar-refractivity contribution in [3.8, 4) is 5.69 Å². The van der Waals surface area contributed by atoms with Gasteiger partial charge in [-0.25, -0.2) is 8.42 Å². The van der Waals surface area contributed by atoms with Crippen LogP contribution >= 0.6 is 11.6 Å². The highest BCUT2D eigenvalue weighted by molar-refractivity contribution is 7.90. The highest BCUT2D eigenvalue weighted by atomic mass is 35.5. The van der Waals surface area contributed by atoms with Crippen LogP contribution in [-0.4, -0.2) is 31.8 Å². The Balaban J connectivity index is 1.67. The number of anilines is 1. The van der Waals surface area contributed by atoms with Crippen LogP contribution in [0.3, 0.4) is 0 Å². The number of halogens is 4. The average molecular weight is 591 g/mol. The summed E-state index contributed by atoms with van der Waals surface area (Å²) in [6, 6.07) is 20.1. The largest absolute Gasteiger partial charge is 0.418 e. The minimum atomic E-state index is -4.69. The van der Waals surface area contributed by atoms with Crippen LogP contribution in [0.5, 0.6) is 0 Å². The molecule has 0 radical (unpaired) electrons. The minimum Gasteiger partial charge on any atom is -0.376 e. The summed E-state index contributed by atoms with van der Waals surface area (Å²) in [5.74, 6) is -0.558. The van der Waals surface area contributed by atoms with Crippen molar-refractivity contribution in [1.29, 1.82) is 0 Å². The van der Waals surface area contributed by atoms with Crippen molar-refractivity contribution in [3.05, 3.63) is 112 Å². The molecule has 3 aromatic carbocycles. The van der Waals surface area contributed by atoms with E-state index in [-0.39, 0.29) is 39.9 Å². The van der Waals surface area contributed by atoms with E-state index in [4.69, 9.17) is 16.3 Å². The molecule has 0 spiro atoms. The zero-order chi connectivity index (χ0) is 29.1. The Morgan fingerprint density at radius 1 is 1.00 bits per heavy atom. The molecule has 0 unspecified atom stereocenters. The third kappa shape index (κ3) is 6.93. The number of hydrogen-bond donors (Lipinski definition) is 1. The van der Waals surface area contributed by atoms with Crippen molar-refractivity contribution in [2.45, 2.75) is 31.0 Å². The Kier molecular flexibility index (Phi) is 8.72. The summed E-state index contributed by atoms with van der Waals surface area (Å²) in [5, 5.41) is 2.63. The number of aromatic nitrogens is 1. The molecule has 0 fully saturated rings. The molecule has 1 amide bonds. The lowest BCUT2D eigenvalue weighted by molar-refractivity contribution is -0.137. The molecule has 4 rings (SSSR count). The predicted molar refractivity (Wildman–Crippen MR) is 148 cm³/mol. The van der Waals surface area contributed by atoms with E-state index in [2.05, 4.69) is 5.32 Å². The molecule has 11 heteroatoms. The molecule has 6 nitrogen and oxygen atoms in total. The van der Waals surface area contributed by atoms with Gasteiger partial charge in [0, 0.05) is 34.8 Å². The molecule has 40 heavy (non-hydrogen) atoms. The van der Waals surface area contributed by atoms with Crippen molar-refractivity contribution >= 4 is 33.0 Å². The first-order chi connectivity index (χ1) is 18.8. The van der Waals surface area contributed by atoms with Gasteiger partial charge < -0.3 is 14.6 Å². The van der Waals surface area contributed by atoms with Gasteiger partial charge in [-0.05, 0) is 61.0 Å². The first kappa shape index (κ1) is 29.4. The van der Waals surface area contributed by atoms with Gasteiger partial charge >= 0.3 is 6.18 Å². The van der Waals surface area contributed by atoms with Crippen LogP contribution in [0.1, 0.15) is 32.9 Å². The van der Waals surface area contributed by atoms with E-state index in [1.807, 2.05) is 30.3 Å². The number of carbonyl (C=O) groups excluding carboxylic acids is 1. The van der Waals surface area contributed by atoms with Gasteiger partial charge in [0.2, 0.25) is 0 Å². The fourth-order valence-electron chi connectivity index (χ4n) is 4.28. The summed E-state index contributed by atoms with van der Waals surface area (Å²) in [6.45, 7) is 2.08. The maximum Gasteiger partial charge on any atom is 0.418 e.